The highest BCUT2D eigenvalue weighted by atomic mass is 19.3. The van der Waals surface area contributed by atoms with Crippen LogP contribution in [0.2, 0.25) is 0 Å². The Kier molecular flexibility index (Phi) is 6.26. The van der Waals surface area contributed by atoms with E-state index in [9.17, 15) is 18.4 Å². The quantitative estimate of drug-likeness (QED) is 0.866. The van der Waals surface area contributed by atoms with E-state index in [0.29, 0.717) is 32.2 Å². The number of benzene rings is 1. The summed E-state index contributed by atoms with van der Waals surface area (Å²) in [5, 5.41) is 3.34. The zero-order valence-corrected chi connectivity index (χ0v) is 15.4. The van der Waals surface area contributed by atoms with E-state index < -0.39 is 6.61 Å². The Morgan fingerprint density at radius 1 is 1.15 bits per heavy atom. The molecule has 2 aliphatic heterocycles. The second-order valence-electron chi connectivity index (χ2n) is 7.07. The largest absolute Gasteiger partial charge is 0.434 e. The monoisotopic (exact) mass is 381 g/mol. The van der Waals surface area contributed by atoms with Crippen LogP contribution in [0.3, 0.4) is 0 Å². The molecule has 148 valence electrons. The number of para-hydroxylation sites is 1. The molecule has 1 aromatic carbocycles. The van der Waals surface area contributed by atoms with Gasteiger partial charge in [0.2, 0.25) is 5.91 Å². The maximum Gasteiger partial charge on any atom is 0.387 e. The van der Waals surface area contributed by atoms with Gasteiger partial charge in [0.25, 0.3) is 5.91 Å². The molecule has 1 N–H and O–H groups in total. The number of piperidine rings is 1. The molecule has 2 saturated heterocycles. The smallest absolute Gasteiger partial charge is 0.387 e. The van der Waals surface area contributed by atoms with Gasteiger partial charge in [0, 0.05) is 38.1 Å². The Labute approximate surface area is 157 Å². The fraction of sp³-hybridized carbons (Fsp3) is 0.579. The van der Waals surface area contributed by atoms with Crippen LogP contribution in [0, 0.1) is 5.92 Å². The molecule has 2 heterocycles. The summed E-state index contributed by atoms with van der Waals surface area (Å²) in [5.41, 5.74) is 0.116. The van der Waals surface area contributed by atoms with Crippen molar-refractivity contribution in [3.63, 3.8) is 0 Å². The number of ether oxygens (including phenoxy) is 1. The lowest BCUT2D eigenvalue weighted by Crippen LogP contribution is -2.53. The molecule has 0 saturated carbocycles. The summed E-state index contributed by atoms with van der Waals surface area (Å²) in [7, 11) is 0. The first-order chi connectivity index (χ1) is 13.0. The van der Waals surface area contributed by atoms with Gasteiger partial charge in [-0.05, 0) is 38.4 Å². The second-order valence-corrected chi connectivity index (χ2v) is 7.07. The van der Waals surface area contributed by atoms with E-state index in [0.717, 1.165) is 19.4 Å². The first-order valence-electron chi connectivity index (χ1n) is 9.31. The van der Waals surface area contributed by atoms with Gasteiger partial charge in [-0.25, -0.2) is 0 Å². The number of hydrogen-bond acceptors (Lipinski definition) is 4. The maximum absolute atomic E-state index is 12.7. The van der Waals surface area contributed by atoms with E-state index in [1.165, 1.54) is 12.1 Å². The fourth-order valence-electron chi connectivity index (χ4n) is 3.76. The molecule has 2 atom stereocenters. The van der Waals surface area contributed by atoms with Gasteiger partial charge in [-0.3, -0.25) is 9.59 Å². The molecule has 2 amide bonds. The fourth-order valence-corrected chi connectivity index (χ4v) is 3.76. The number of carbonyl (C=O) groups is 2. The van der Waals surface area contributed by atoms with E-state index in [-0.39, 0.29) is 29.0 Å². The zero-order valence-electron chi connectivity index (χ0n) is 15.4. The average molecular weight is 381 g/mol. The van der Waals surface area contributed by atoms with Crippen LogP contribution in [0.5, 0.6) is 5.75 Å². The third-order valence-electron chi connectivity index (χ3n) is 5.18. The molecule has 0 aliphatic carbocycles. The van der Waals surface area contributed by atoms with E-state index in [4.69, 9.17) is 0 Å². The van der Waals surface area contributed by atoms with Gasteiger partial charge < -0.3 is 19.9 Å². The van der Waals surface area contributed by atoms with Crippen LogP contribution in [-0.4, -0.2) is 67.0 Å². The van der Waals surface area contributed by atoms with Gasteiger partial charge >= 0.3 is 6.61 Å². The number of rotatable bonds is 4. The Morgan fingerprint density at radius 2 is 1.81 bits per heavy atom. The van der Waals surface area contributed by atoms with Gasteiger partial charge in [0.1, 0.15) is 5.75 Å². The van der Waals surface area contributed by atoms with Crippen molar-refractivity contribution in [2.45, 2.75) is 32.4 Å². The third-order valence-corrected chi connectivity index (χ3v) is 5.18. The molecular formula is C19H25F2N3O3. The lowest BCUT2D eigenvalue weighted by atomic mass is 9.92. The minimum absolute atomic E-state index is 0.0312. The summed E-state index contributed by atoms with van der Waals surface area (Å²) in [5.74, 6) is -0.297. The number of nitrogens with one attached hydrogen (secondary N) is 1. The third kappa shape index (κ3) is 4.74. The molecule has 6 nitrogen and oxygen atoms in total. The standard InChI is InChI=1S/C19H25F2N3O3/c1-13-12-14(6-7-22-13)17(25)23-8-10-24(11-9-23)18(26)15-4-2-3-5-16(15)27-19(20)21/h2-5,13-14,19,22H,6-12H2,1H3/t13-,14-/m0/s1. The zero-order chi connectivity index (χ0) is 19.4. The predicted molar refractivity (Wildman–Crippen MR) is 95.7 cm³/mol. The molecule has 3 rings (SSSR count). The molecule has 2 fully saturated rings. The highest BCUT2D eigenvalue weighted by molar-refractivity contribution is 5.97. The SMILES string of the molecule is C[C@H]1C[C@@H](C(=O)N2CCN(C(=O)c3ccccc3OC(F)F)CC2)CCN1. The van der Waals surface area contributed by atoms with Crippen molar-refractivity contribution in [1.29, 1.82) is 0 Å². The van der Waals surface area contributed by atoms with Crippen molar-refractivity contribution in [3.05, 3.63) is 29.8 Å². The average Bonchev–Trinajstić information content (AvgIpc) is 2.67. The Hall–Kier alpha value is -2.22. The Morgan fingerprint density at radius 3 is 2.48 bits per heavy atom. The molecule has 1 aromatic rings. The number of nitrogens with zero attached hydrogens (tertiary/aromatic N) is 2. The highest BCUT2D eigenvalue weighted by Crippen LogP contribution is 2.24. The normalized spacial score (nSPS) is 23.4. The van der Waals surface area contributed by atoms with E-state index in [1.54, 1.807) is 17.0 Å². The first kappa shape index (κ1) is 19.5. The van der Waals surface area contributed by atoms with Crippen LogP contribution in [0.1, 0.15) is 30.1 Å². The van der Waals surface area contributed by atoms with Crippen LogP contribution in [0.4, 0.5) is 8.78 Å². The molecule has 2 aliphatic rings. The van der Waals surface area contributed by atoms with Crippen molar-refractivity contribution < 1.29 is 23.1 Å². The van der Waals surface area contributed by atoms with Gasteiger partial charge in [0.05, 0.1) is 5.56 Å². The minimum atomic E-state index is -2.99. The van der Waals surface area contributed by atoms with E-state index in [2.05, 4.69) is 17.0 Å². The summed E-state index contributed by atoms with van der Waals surface area (Å²) in [4.78, 5) is 28.8. The van der Waals surface area contributed by atoms with Gasteiger partial charge in [-0.1, -0.05) is 12.1 Å². The first-order valence-corrected chi connectivity index (χ1v) is 9.31. The summed E-state index contributed by atoms with van der Waals surface area (Å²) in [6, 6.07) is 6.34. The Balaban J connectivity index is 1.59. The number of piperazine rings is 1. The molecule has 0 bridgehead atoms. The van der Waals surface area contributed by atoms with Crippen LogP contribution >= 0.6 is 0 Å². The summed E-state index contributed by atoms with van der Waals surface area (Å²) in [6.45, 7) is 1.62. The number of amides is 2. The van der Waals surface area contributed by atoms with Crippen molar-refractivity contribution in [3.8, 4) is 5.75 Å². The van der Waals surface area contributed by atoms with E-state index >= 15 is 0 Å². The lowest BCUT2D eigenvalue weighted by molar-refractivity contribution is -0.138. The van der Waals surface area contributed by atoms with Crippen LogP contribution in [0.25, 0.3) is 0 Å². The predicted octanol–water partition coefficient (Wildman–Crippen LogP) is 1.96. The summed E-state index contributed by atoms with van der Waals surface area (Å²) in [6.07, 6.45) is 1.66. The number of alkyl halides is 2. The lowest BCUT2D eigenvalue weighted by Gasteiger charge is -2.38. The van der Waals surface area contributed by atoms with Crippen LogP contribution < -0.4 is 10.1 Å². The van der Waals surface area contributed by atoms with Gasteiger partial charge in [0.15, 0.2) is 0 Å². The molecule has 27 heavy (non-hydrogen) atoms. The van der Waals surface area contributed by atoms with Crippen LogP contribution in [-0.2, 0) is 4.79 Å². The topological polar surface area (TPSA) is 61.9 Å². The molecule has 0 spiro atoms. The second kappa shape index (κ2) is 8.65. The van der Waals surface area contributed by atoms with E-state index in [1.807, 2.05) is 4.90 Å². The summed E-state index contributed by atoms with van der Waals surface area (Å²) < 4.78 is 29.6. The molecule has 8 heteroatoms. The minimum Gasteiger partial charge on any atom is -0.434 e. The number of halogens is 2. The van der Waals surface area contributed by atoms with Gasteiger partial charge in [-0.2, -0.15) is 8.78 Å². The highest BCUT2D eigenvalue weighted by Gasteiger charge is 2.32. The number of hydrogen-bond donors (Lipinski definition) is 1. The Bertz CT molecular complexity index is 678. The van der Waals surface area contributed by atoms with Crippen molar-refractivity contribution in [2.24, 2.45) is 5.92 Å². The summed E-state index contributed by atoms with van der Waals surface area (Å²) >= 11 is 0. The van der Waals surface area contributed by atoms with Gasteiger partial charge in [-0.15, -0.1) is 0 Å². The molecule has 0 radical (unpaired) electrons. The molecule has 0 unspecified atom stereocenters. The van der Waals surface area contributed by atoms with Crippen molar-refractivity contribution in [2.75, 3.05) is 32.7 Å². The number of carbonyl (C=O) groups excluding carboxylic acids is 2. The van der Waals surface area contributed by atoms with Crippen LogP contribution in [0.15, 0.2) is 24.3 Å². The molecule has 0 aromatic heterocycles. The molecular weight excluding hydrogens is 356 g/mol. The van der Waals surface area contributed by atoms with Crippen molar-refractivity contribution in [1.82, 2.24) is 15.1 Å². The van der Waals surface area contributed by atoms with Crippen molar-refractivity contribution >= 4 is 11.8 Å². The maximum atomic E-state index is 12.7.